The molecule has 34 heavy (non-hydrogen) atoms. The number of alkyl halides is 3. The molecule has 1 saturated heterocycles. The number of thiophene rings is 1. The van der Waals surface area contributed by atoms with Crippen LogP contribution in [-0.4, -0.2) is 49.6 Å². The molecule has 2 heterocycles. The Kier molecular flexibility index (Phi) is 6.81. The summed E-state index contributed by atoms with van der Waals surface area (Å²) in [5.74, 6) is 1.64. The van der Waals surface area contributed by atoms with Crippen LogP contribution < -0.4 is 10.2 Å². The Morgan fingerprint density at radius 3 is 2.44 bits per heavy atom. The smallest absolute Gasteiger partial charge is 0.368 e. The number of nitrogens with zero attached hydrogens (tertiary/aromatic N) is 2. The van der Waals surface area contributed by atoms with Gasteiger partial charge in [-0.15, -0.1) is 11.3 Å². The van der Waals surface area contributed by atoms with E-state index in [4.69, 9.17) is 0 Å². The first-order chi connectivity index (χ1) is 16.3. The van der Waals surface area contributed by atoms with Gasteiger partial charge in [0.25, 0.3) is 0 Å². The fourth-order valence-electron chi connectivity index (χ4n) is 5.78. The Balaban J connectivity index is 1.12. The van der Waals surface area contributed by atoms with Gasteiger partial charge in [-0.2, -0.15) is 13.2 Å². The summed E-state index contributed by atoms with van der Waals surface area (Å²) in [6.45, 7) is 6.82. The number of rotatable bonds is 5. The highest BCUT2D eigenvalue weighted by Gasteiger charge is 2.39. The van der Waals surface area contributed by atoms with Crippen molar-refractivity contribution in [2.75, 3.05) is 37.6 Å². The van der Waals surface area contributed by atoms with Gasteiger partial charge in [-0.1, -0.05) is 13.0 Å². The first-order valence-electron chi connectivity index (χ1n) is 12.6. The zero-order valence-corrected chi connectivity index (χ0v) is 20.6. The lowest BCUT2D eigenvalue weighted by atomic mass is 9.72. The normalized spacial score (nSPS) is 28.6. The van der Waals surface area contributed by atoms with Gasteiger partial charge in [-0.3, -0.25) is 9.69 Å². The summed E-state index contributed by atoms with van der Waals surface area (Å²) in [6, 6.07) is 4.42. The van der Waals surface area contributed by atoms with Crippen molar-refractivity contribution in [3.63, 3.8) is 0 Å². The predicted molar refractivity (Wildman–Crippen MR) is 131 cm³/mol. The molecule has 3 aliphatic rings. The van der Waals surface area contributed by atoms with Gasteiger partial charge >= 0.3 is 6.18 Å². The molecule has 0 spiro atoms. The number of piperazine rings is 1. The summed E-state index contributed by atoms with van der Waals surface area (Å²) in [5, 5.41) is 6.22. The fraction of sp³-hybridized carbons (Fsp3) is 0.654. The highest BCUT2D eigenvalue weighted by atomic mass is 32.1. The Labute approximate surface area is 203 Å². The first-order valence-corrected chi connectivity index (χ1v) is 13.5. The monoisotopic (exact) mass is 493 g/mol. The molecule has 3 fully saturated rings. The van der Waals surface area contributed by atoms with Crippen molar-refractivity contribution in [3.05, 3.63) is 29.1 Å². The number of carbonyl (C=O) groups is 1. The van der Waals surface area contributed by atoms with Gasteiger partial charge in [0.15, 0.2) is 0 Å². The van der Waals surface area contributed by atoms with Crippen molar-refractivity contribution in [2.45, 2.75) is 57.7 Å². The number of halogens is 3. The van der Waals surface area contributed by atoms with Gasteiger partial charge in [-0.25, -0.2) is 0 Å². The number of hydrogen-bond acceptors (Lipinski definition) is 4. The number of benzene rings is 1. The molecule has 2 aromatic rings. The van der Waals surface area contributed by atoms with E-state index in [1.165, 1.54) is 36.3 Å². The molecule has 1 aromatic carbocycles. The summed E-state index contributed by atoms with van der Waals surface area (Å²) in [4.78, 5) is 17.6. The highest BCUT2D eigenvalue weighted by Crippen LogP contribution is 2.39. The van der Waals surface area contributed by atoms with E-state index in [1.807, 2.05) is 5.38 Å². The maximum absolute atomic E-state index is 13.0. The lowest BCUT2D eigenvalue weighted by Crippen LogP contribution is -2.52. The van der Waals surface area contributed by atoms with Gasteiger partial charge in [-0.05, 0) is 62.5 Å². The molecule has 2 saturated carbocycles. The SMILES string of the molecule is C[C@H]1CC[C@H](NC(=O)[C@@H]2CC[C@H]2CN2CCN(c3csc4cc(C(F)(F)F)ccc34)CC2)CC1. The molecule has 1 amide bonds. The van der Waals surface area contributed by atoms with E-state index in [0.29, 0.717) is 16.7 Å². The molecule has 1 aromatic heterocycles. The van der Waals surface area contributed by atoms with Crippen molar-refractivity contribution in [2.24, 2.45) is 17.8 Å². The fourth-order valence-corrected chi connectivity index (χ4v) is 6.79. The van der Waals surface area contributed by atoms with E-state index in [2.05, 4.69) is 22.0 Å². The average molecular weight is 494 g/mol. The molecule has 0 radical (unpaired) electrons. The predicted octanol–water partition coefficient (Wildman–Crippen LogP) is 5.76. The minimum absolute atomic E-state index is 0.154. The van der Waals surface area contributed by atoms with E-state index in [9.17, 15) is 18.0 Å². The highest BCUT2D eigenvalue weighted by molar-refractivity contribution is 7.17. The van der Waals surface area contributed by atoms with Crippen LogP contribution in [0.4, 0.5) is 18.9 Å². The zero-order chi connectivity index (χ0) is 23.9. The Hall–Kier alpha value is -1.80. The number of carbonyl (C=O) groups excluding carboxylic acids is 1. The molecular weight excluding hydrogens is 459 g/mol. The number of anilines is 1. The minimum Gasteiger partial charge on any atom is -0.368 e. The second-order valence-electron chi connectivity index (χ2n) is 10.5. The molecule has 1 N–H and O–H groups in total. The maximum atomic E-state index is 13.0. The summed E-state index contributed by atoms with van der Waals surface area (Å²) in [5.41, 5.74) is 0.450. The molecule has 5 rings (SSSR count). The summed E-state index contributed by atoms with van der Waals surface area (Å²) in [6.07, 6.45) is 2.47. The van der Waals surface area contributed by atoms with Crippen molar-refractivity contribution in [1.82, 2.24) is 10.2 Å². The lowest BCUT2D eigenvalue weighted by Gasteiger charge is -2.42. The standard InChI is InChI=1S/C26H34F3N3OS/c1-17-2-6-20(7-3-17)30-25(33)21-8-4-18(21)15-31-10-12-32(13-11-31)23-16-34-24-14-19(26(27,28)29)5-9-22(23)24/h5,9,14,16-18,20-21H,2-4,6-8,10-13,15H2,1H3,(H,30,33)/t17-,18-,20-,21+/m0/s1. The molecule has 2 atom stereocenters. The molecule has 8 heteroatoms. The summed E-state index contributed by atoms with van der Waals surface area (Å²) >= 11 is 1.38. The number of hydrogen-bond donors (Lipinski definition) is 1. The van der Waals surface area contributed by atoms with Crippen LogP contribution in [0.5, 0.6) is 0 Å². The Morgan fingerprint density at radius 2 is 1.79 bits per heavy atom. The van der Waals surface area contributed by atoms with Crippen LogP contribution in [0.2, 0.25) is 0 Å². The Bertz CT molecular complexity index is 1010. The van der Waals surface area contributed by atoms with Gasteiger partial charge in [0.2, 0.25) is 5.91 Å². The topological polar surface area (TPSA) is 35.6 Å². The van der Waals surface area contributed by atoms with E-state index >= 15 is 0 Å². The third kappa shape index (κ3) is 5.08. The summed E-state index contributed by atoms with van der Waals surface area (Å²) in [7, 11) is 0. The summed E-state index contributed by atoms with van der Waals surface area (Å²) < 4.78 is 39.8. The van der Waals surface area contributed by atoms with Crippen LogP contribution in [-0.2, 0) is 11.0 Å². The quantitative estimate of drug-likeness (QED) is 0.575. The van der Waals surface area contributed by atoms with E-state index in [1.54, 1.807) is 6.07 Å². The van der Waals surface area contributed by atoms with Crippen molar-refractivity contribution in [1.29, 1.82) is 0 Å². The zero-order valence-electron chi connectivity index (χ0n) is 19.7. The molecular formula is C26H34F3N3OS. The van der Waals surface area contributed by atoms with Crippen molar-refractivity contribution >= 4 is 33.0 Å². The van der Waals surface area contributed by atoms with Crippen LogP contribution in [0.15, 0.2) is 23.6 Å². The number of fused-ring (bicyclic) bond motifs is 1. The molecule has 0 bridgehead atoms. The third-order valence-corrected chi connectivity index (χ3v) is 9.14. The molecule has 0 unspecified atom stereocenters. The molecule has 4 nitrogen and oxygen atoms in total. The van der Waals surface area contributed by atoms with Crippen molar-refractivity contribution in [3.8, 4) is 0 Å². The lowest BCUT2D eigenvalue weighted by molar-refractivity contribution is -0.137. The average Bonchev–Trinajstić information content (AvgIpc) is 3.21. The van der Waals surface area contributed by atoms with Gasteiger partial charge in [0, 0.05) is 60.1 Å². The minimum atomic E-state index is -4.31. The number of nitrogens with one attached hydrogen (secondary N) is 1. The first kappa shape index (κ1) is 23.9. The number of amides is 1. The second-order valence-corrected chi connectivity index (χ2v) is 11.4. The molecule has 1 aliphatic heterocycles. The molecule has 186 valence electrons. The van der Waals surface area contributed by atoms with E-state index < -0.39 is 11.7 Å². The van der Waals surface area contributed by atoms with Crippen LogP contribution in [0.1, 0.15) is 51.0 Å². The van der Waals surface area contributed by atoms with Gasteiger partial charge in [0.05, 0.1) is 11.3 Å². The van der Waals surface area contributed by atoms with Gasteiger partial charge < -0.3 is 10.2 Å². The maximum Gasteiger partial charge on any atom is 0.416 e. The third-order valence-electron chi connectivity index (χ3n) is 8.20. The van der Waals surface area contributed by atoms with Crippen LogP contribution >= 0.6 is 11.3 Å². The molecule has 2 aliphatic carbocycles. The van der Waals surface area contributed by atoms with Crippen LogP contribution in [0.25, 0.3) is 10.1 Å². The largest absolute Gasteiger partial charge is 0.416 e. The second kappa shape index (κ2) is 9.69. The van der Waals surface area contributed by atoms with E-state index in [0.717, 1.165) is 75.4 Å². The van der Waals surface area contributed by atoms with E-state index in [-0.39, 0.29) is 11.8 Å². The Morgan fingerprint density at radius 1 is 1.06 bits per heavy atom. The van der Waals surface area contributed by atoms with Crippen LogP contribution in [0.3, 0.4) is 0 Å². The van der Waals surface area contributed by atoms with Crippen LogP contribution in [0, 0.1) is 17.8 Å². The van der Waals surface area contributed by atoms with Gasteiger partial charge in [0.1, 0.15) is 0 Å². The van der Waals surface area contributed by atoms with Crippen molar-refractivity contribution < 1.29 is 18.0 Å².